The van der Waals surface area contributed by atoms with Gasteiger partial charge in [0.05, 0.1) is 12.8 Å². The first-order valence-electron chi connectivity index (χ1n) is 9.58. The van der Waals surface area contributed by atoms with E-state index >= 15 is 0 Å². The fourth-order valence-corrected chi connectivity index (χ4v) is 3.64. The minimum absolute atomic E-state index is 0.0953. The quantitative estimate of drug-likeness (QED) is 0.653. The molecule has 3 aromatic carbocycles. The van der Waals surface area contributed by atoms with Gasteiger partial charge < -0.3 is 4.74 Å². The van der Waals surface area contributed by atoms with Crippen LogP contribution >= 0.6 is 0 Å². The van der Waals surface area contributed by atoms with E-state index in [2.05, 4.69) is 0 Å². The second-order valence-corrected chi connectivity index (χ2v) is 7.15. The Bertz CT molecular complexity index is 1080. The molecule has 1 atom stereocenters. The molecule has 0 spiro atoms. The van der Waals surface area contributed by atoms with Crippen molar-refractivity contribution in [2.24, 2.45) is 0 Å². The Hall–Kier alpha value is -3.67. The van der Waals surface area contributed by atoms with Crippen LogP contribution in [0, 0.1) is 12.7 Å². The summed E-state index contributed by atoms with van der Waals surface area (Å²) in [5.41, 5.74) is 2.38. The SMILES string of the molecule is COc1ccc([C@@H]2C(=O)N(c3ccccc3F)CC(=O)N2c2ccc(C)cc2)cc1. The van der Waals surface area contributed by atoms with Crippen molar-refractivity contribution in [3.05, 3.63) is 89.7 Å². The van der Waals surface area contributed by atoms with Gasteiger partial charge in [-0.15, -0.1) is 0 Å². The normalized spacial score (nSPS) is 16.7. The Labute approximate surface area is 174 Å². The summed E-state index contributed by atoms with van der Waals surface area (Å²) >= 11 is 0. The largest absolute Gasteiger partial charge is 0.497 e. The molecule has 6 heteroatoms. The van der Waals surface area contributed by atoms with Crippen LogP contribution in [0.1, 0.15) is 17.2 Å². The average molecular weight is 404 g/mol. The van der Waals surface area contributed by atoms with Crippen molar-refractivity contribution in [1.82, 2.24) is 0 Å². The monoisotopic (exact) mass is 404 g/mol. The Kier molecular flexibility index (Phi) is 5.23. The summed E-state index contributed by atoms with van der Waals surface area (Å²) in [5, 5.41) is 0. The van der Waals surface area contributed by atoms with Crippen LogP contribution < -0.4 is 14.5 Å². The number of rotatable bonds is 4. The number of nitrogens with zero attached hydrogens (tertiary/aromatic N) is 2. The molecule has 4 rings (SSSR count). The zero-order valence-corrected chi connectivity index (χ0v) is 16.7. The topological polar surface area (TPSA) is 49.9 Å². The summed E-state index contributed by atoms with van der Waals surface area (Å²) in [4.78, 5) is 29.5. The van der Waals surface area contributed by atoms with Gasteiger partial charge in [0, 0.05) is 5.69 Å². The van der Waals surface area contributed by atoms with Crippen LogP contribution in [0.15, 0.2) is 72.8 Å². The summed E-state index contributed by atoms with van der Waals surface area (Å²) in [6.45, 7) is 1.72. The lowest BCUT2D eigenvalue weighted by Crippen LogP contribution is -2.56. The average Bonchev–Trinajstić information content (AvgIpc) is 2.76. The second kappa shape index (κ2) is 7.99. The third kappa shape index (κ3) is 3.52. The summed E-state index contributed by atoms with van der Waals surface area (Å²) in [6, 6.07) is 19.5. The van der Waals surface area contributed by atoms with E-state index < -0.39 is 11.9 Å². The number of hydrogen-bond acceptors (Lipinski definition) is 3. The zero-order chi connectivity index (χ0) is 21.3. The number of ether oxygens (including phenoxy) is 1. The summed E-state index contributed by atoms with van der Waals surface area (Å²) in [6.07, 6.45) is 0. The van der Waals surface area contributed by atoms with Crippen LogP contribution in [0.5, 0.6) is 5.75 Å². The minimum Gasteiger partial charge on any atom is -0.497 e. The van der Waals surface area contributed by atoms with Gasteiger partial charge in [-0.05, 0) is 48.9 Å². The zero-order valence-electron chi connectivity index (χ0n) is 16.7. The standard InChI is InChI=1S/C24H21FN2O3/c1-16-7-11-18(12-8-16)27-22(28)15-26(21-6-4-3-5-20(21)25)24(29)23(27)17-9-13-19(30-2)14-10-17/h3-14,23H,15H2,1-2H3/t23-/m1/s1. The smallest absolute Gasteiger partial charge is 0.255 e. The Morgan fingerprint density at radius 3 is 2.23 bits per heavy atom. The van der Waals surface area contributed by atoms with Crippen LogP contribution in [-0.2, 0) is 9.59 Å². The number of halogens is 1. The first-order chi connectivity index (χ1) is 14.5. The van der Waals surface area contributed by atoms with Crippen LogP contribution in [0.4, 0.5) is 15.8 Å². The van der Waals surface area contributed by atoms with Gasteiger partial charge in [0.1, 0.15) is 24.2 Å². The molecular formula is C24H21FN2O3. The van der Waals surface area contributed by atoms with Crippen molar-refractivity contribution in [3.8, 4) is 5.75 Å². The number of carbonyl (C=O) groups is 2. The van der Waals surface area contributed by atoms with Crippen LogP contribution in [-0.4, -0.2) is 25.5 Å². The van der Waals surface area contributed by atoms with Crippen LogP contribution in [0.2, 0.25) is 0 Å². The summed E-state index contributed by atoms with van der Waals surface area (Å²) in [7, 11) is 1.56. The molecule has 1 aliphatic heterocycles. The van der Waals surface area contributed by atoms with E-state index in [4.69, 9.17) is 4.74 Å². The van der Waals surface area contributed by atoms with E-state index in [0.29, 0.717) is 17.0 Å². The molecule has 30 heavy (non-hydrogen) atoms. The molecule has 0 aliphatic carbocycles. The molecule has 0 aromatic heterocycles. The van der Waals surface area contributed by atoms with Gasteiger partial charge in [0.2, 0.25) is 5.91 Å². The van der Waals surface area contributed by atoms with E-state index in [1.165, 1.54) is 21.9 Å². The van der Waals surface area contributed by atoms with E-state index in [1.54, 1.807) is 43.5 Å². The lowest BCUT2D eigenvalue weighted by Gasteiger charge is -2.40. The van der Waals surface area contributed by atoms with E-state index in [9.17, 15) is 14.0 Å². The maximum Gasteiger partial charge on any atom is 0.255 e. The highest BCUT2D eigenvalue weighted by atomic mass is 19.1. The van der Waals surface area contributed by atoms with Gasteiger partial charge in [-0.2, -0.15) is 0 Å². The molecule has 0 unspecified atom stereocenters. The Balaban J connectivity index is 1.82. The third-order valence-corrected chi connectivity index (χ3v) is 5.21. The van der Waals surface area contributed by atoms with Crippen molar-refractivity contribution < 1.29 is 18.7 Å². The maximum atomic E-state index is 14.4. The van der Waals surface area contributed by atoms with Crippen molar-refractivity contribution in [1.29, 1.82) is 0 Å². The van der Waals surface area contributed by atoms with E-state index in [1.807, 2.05) is 31.2 Å². The Morgan fingerprint density at radius 2 is 1.60 bits per heavy atom. The molecule has 1 heterocycles. The molecule has 0 radical (unpaired) electrons. The first kappa shape index (κ1) is 19.6. The minimum atomic E-state index is -0.917. The van der Waals surface area contributed by atoms with Gasteiger partial charge in [0.25, 0.3) is 5.91 Å². The summed E-state index contributed by atoms with van der Waals surface area (Å²) in [5.74, 6) is -0.565. The highest BCUT2D eigenvalue weighted by Gasteiger charge is 2.42. The van der Waals surface area contributed by atoms with Crippen molar-refractivity contribution in [3.63, 3.8) is 0 Å². The highest BCUT2D eigenvalue weighted by Crippen LogP contribution is 2.35. The highest BCUT2D eigenvalue weighted by molar-refractivity contribution is 6.14. The van der Waals surface area contributed by atoms with Gasteiger partial charge in [-0.1, -0.05) is 42.0 Å². The molecule has 0 saturated carbocycles. The number of anilines is 2. The third-order valence-electron chi connectivity index (χ3n) is 5.21. The van der Waals surface area contributed by atoms with Gasteiger partial charge >= 0.3 is 0 Å². The van der Waals surface area contributed by atoms with Crippen LogP contribution in [0.25, 0.3) is 0 Å². The molecule has 3 aromatic rings. The predicted molar refractivity (Wildman–Crippen MR) is 113 cm³/mol. The van der Waals surface area contributed by atoms with Crippen LogP contribution in [0.3, 0.4) is 0 Å². The fourth-order valence-electron chi connectivity index (χ4n) is 3.64. The molecule has 0 bridgehead atoms. The fraction of sp³-hybridized carbons (Fsp3) is 0.167. The number of methoxy groups -OCH3 is 1. The van der Waals surface area contributed by atoms with E-state index in [-0.39, 0.29) is 24.0 Å². The van der Waals surface area contributed by atoms with Crippen molar-refractivity contribution in [2.75, 3.05) is 23.5 Å². The molecular weight excluding hydrogens is 383 g/mol. The van der Waals surface area contributed by atoms with Crippen molar-refractivity contribution in [2.45, 2.75) is 13.0 Å². The molecule has 1 saturated heterocycles. The number of benzene rings is 3. The number of aryl methyl sites for hydroxylation is 1. The summed E-state index contributed by atoms with van der Waals surface area (Å²) < 4.78 is 19.6. The van der Waals surface area contributed by atoms with E-state index in [0.717, 1.165) is 5.56 Å². The lowest BCUT2D eigenvalue weighted by molar-refractivity contribution is -0.128. The van der Waals surface area contributed by atoms with Gasteiger partial charge in [0.15, 0.2) is 0 Å². The first-order valence-corrected chi connectivity index (χ1v) is 9.58. The number of para-hydroxylation sites is 1. The second-order valence-electron chi connectivity index (χ2n) is 7.15. The molecule has 152 valence electrons. The maximum absolute atomic E-state index is 14.4. The number of carbonyl (C=O) groups excluding carboxylic acids is 2. The number of hydrogen-bond donors (Lipinski definition) is 0. The van der Waals surface area contributed by atoms with Gasteiger partial charge in [-0.3, -0.25) is 19.4 Å². The Morgan fingerprint density at radius 1 is 0.933 bits per heavy atom. The molecule has 0 N–H and O–H groups in total. The van der Waals surface area contributed by atoms with Gasteiger partial charge in [-0.25, -0.2) is 4.39 Å². The van der Waals surface area contributed by atoms with Crippen molar-refractivity contribution >= 4 is 23.2 Å². The number of amides is 2. The molecule has 2 amide bonds. The number of piperazine rings is 1. The molecule has 5 nitrogen and oxygen atoms in total. The molecule has 1 aliphatic rings. The lowest BCUT2D eigenvalue weighted by atomic mass is 9.99. The molecule has 1 fully saturated rings. The predicted octanol–water partition coefficient (Wildman–Crippen LogP) is 4.26.